The van der Waals surface area contributed by atoms with Crippen molar-refractivity contribution in [2.24, 2.45) is 5.73 Å². The summed E-state index contributed by atoms with van der Waals surface area (Å²) in [5, 5.41) is 0. The third-order valence-corrected chi connectivity index (χ3v) is 2.61. The van der Waals surface area contributed by atoms with Crippen LogP contribution in [0.3, 0.4) is 0 Å². The summed E-state index contributed by atoms with van der Waals surface area (Å²) < 4.78 is 4.66. The minimum Gasteiger partial charge on any atom is -0.469 e. The summed E-state index contributed by atoms with van der Waals surface area (Å²) in [5.74, 6) is -0.213. The van der Waals surface area contributed by atoms with Gasteiger partial charge in [-0.05, 0) is 16.7 Å². The lowest BCUT2D eigenvalue weighted by atomic mass is 10.0. The smallest absolute Gasteiger partial charge is 0.309 e. The average molecular weight is 271 g/mol. The number of esters is 1. The van der Waals surface area contributed by atoms with Gasteiger partial charge in [0.15, 0.2) is 0 Å². The van der Waals surface area contributed by atoms with Gasteiger partial charge < -0.3 is 10.5 Å². The van der Waals surface area contributed by atoms with Gasteiger partial charge in [0.05, 0.1) is 13.5 Å². The normalized spacial score (nSPS) is 9.05. The molecule has 0 aliphatic heterocycles. The van der Waals surface area contributed by atoms with Crippen LogP contribution < -0.4 is 5.73 Å². The molecule has 0 saturated carbocycles. The number of carbonyl (C=O) groups is 2. The second-order valence-electron chi connectivity index (χ2n) is 3.96. The first-order valence-corrected chi connectivity index (χ1v) is 6.07. The highest BCUT2D eigenvalue weighted by Gasteiger charge is 2.04. The predicted molar refractivity (Wildman–Crippen MR) is 77.8 cm³/mol. The van der Waals surface area contributed by atoms with Gasteiger partial charge in [0, 0.05) is 0 Å². The third kappa shape index (κ3) is 4.94. The first kappa shape index (κ1) is 15.4. The van der Waals surface area contributed by atoms with E-state index >= 15 is 0 Å². The van der Waals surface area contributed by atoms with E-state index in [4.69, 9.17) is 4.79 Å². The maximum Gasteiger partial charge on any atom is 0.309 e. The Morgan fingerprint density at radius 3 is 2.30 bits per heavy atom. The SMILES string of the molecule is COC(=O)Cc1cccc(-c2ccccc2)c1.NC=O. The van der Waals surface area contributed by atoms with Gasteiger partial charge in [-0.1, -0.05) is 54.6 Å². The van der Waals surface area contributed by atoms with Crippen LogP contribution in [0.25, 0.3) is 11.1 Å². The molecule has 4 heteroatoms. The molecule has 2 rings (SSSR count). The molecular formula is C16H17NO3. The Balaban J connectivity index is 0.000000612. The van der Waals surface area contributed by atoms with E-state index in [-0.39, 0.29) is 12.4 Å². The fraction of sp³-hybridized carbons (Fsp3) is 0.125. The summed E-state index contributed by atoms with van der Waals surface area (Å²) in [5.41, 5.74) is 7.41. The summed E-state index contributed by atoms with van der Waals surface area (Å²) >= 11 is 0. The number of carbonyl (C=O) groups excluding carboxylic acids is 2. The molecular weight excluding hydrogens is 254 g/mol. The van der Waals surface area contributed by atoms with Gasteiger partial charge in [-0.3, -0.25) is 9.59 Å². The molecule has 2 aromatic carbocycles. The summed E-state index contributed by atoms with van der Waals surface area (Å²) in [6, 6.07) is 18.0. The van der Waals surface area contributed by atoms with Crippen LogP contribution in [0.4, 0.5) is 0 Å². The zero-order valence-electron chi connectivity index (χ0n) is 11.3. The van der Waals surface area contributed by atoms with Crippen LogP contribution in [0.1, 0.15) is 5.56 Å². The quantitative estimate of drug-likeness (QED) is 0.687. The number of ether oxygens (including phenoxy) is 1. The predicted octanol–water partition coefficient (Wildman–Crippen LogP) is 2.17. The number of hydrogen-bond donors (Lipinski definition) is 1. The third-order valence-electron chi connectivity index (χ3n) is 2.61. The number of primary amides is 1. The molecule has 0 atom stereocenters. The fourth-order valence-corrected chi connectivity index (χ4v) is 1.73. The highest BCUT2D eigenvalue weighted by Crippen LogP contribution is 2.20. The number of nitrogens with two attached hydrogens (primary N) is 1. The van der Waals surface area contributed by atoms with E-state index in [2.05, 4.69) is 22.6 Å². The van der Waals surface area contributed by atoms with E-state index in [9.17, 15) is 4.79 Å². The number of rotatable bonds is 3. The van der Waals surface area contributed by atoms with Crippen LogP contribution in [-0.2, 0) is 20.7 Å². The van der Waals surface area contributed by atoms with Gasteiger partial charge in [0.1, 0.15) is 0 Å². The fourth-order valence-electron chi connectivity index (χ4n) is 1.73. The Hall–Kier alpha value is -2.62. The van der Waals surface area contributed by atoms with Crippen molar-refractivity contribution in [2.45, 2.75) is 6.42 Å². The van der Waals surface area contributed by atoms with Gasteiger partial charge in [0.2, 0.25) is 6.41 Å². The van der Waals surface area contributed by atoms with Gasteiger partial charge in [-0.25, -0.2) is 0 Å². The standard InChI is InChI=1S/C15H14O2.CH3NO/c1-17-15(16)11-12-6-5-9-14(10-12)13-7-3-2-4-8-13;2-1-3/h2-10H,11H2,1H3;1H,(H2,2,3). The Kier molecular flexibility index (Phi) is 6.54. The van der Waals surface area contributed by atoms with E-state index in [1.165, 1.54) is 7.11 Å². The Morgan fingerprint density at radius 1 is 1.10 bits per heavy atom. The molecule has 4 nitrogen and oxygen atoms in total. The Labute approximate surface area is 118 Å². The molecule has 0 heterocycles. The van der Waals surface area contributed by atoms with Gasteiger partial charge in [-0.15, -0.1) is 0 Å². The molecule has 0 radical (unpaired) electrons. The highest BCUT2D eigenvalue weighted by atomic mass is 16.5. The molecule has 0 bridgehead atoms. The van der Waals surface area contributed by atoms with Gasteiger partial charge in [0.25, 0.3) is 0 Å². The second-order valence-corrected chi connectivity index (χ2v) is 3.96. The van der Waals surface area contributed by atoms with Gasteiger partial charge in [-0.2, -0.15) is 0 Å². The van der Waals surface area contributed by atoms with E-state index in [0.29, 0.717) is 6.42 Å². The Bertz CT molecular complexity index is 553. The second kappa shape index (κ2) is 8.48. The van der Waals surface area contributed by atoms with Crippen molar-refractivity contribution in [1.29, 1.82) is 0 Å². The first-order chi connectivity index (χ1) is 9.71. The first-order valence-electron chi connectivity index (χ1n) is 6.07. The van der Waals surface area contributed by atoms with Crippen molar-refractivity contribution >= 4 is 12.4 Å². The van der Waals surface area contributed by atoms with Crippen LogP contribution in [0.15, 0.2) is 54.6 Å². The average Bonchev–Trinajstić information content (AvgIpc) is 2.49. The van der Waals surface area contributed by atoms with Crippen LogP contribution in [0, 0.1) is 0 Å². The molecule has 0 unspecified atom stereocenters. The molecule has 2 aromatic rings. The van der Waals surface area contributed by atoms with E-state index in [0.717, 1.165) is 16.7 Å². The van der Waals surface area contributed by atoms with Crippen molar-refractivity contribution in [1.82, 2.24) is 0 Å². The molecule has 0 fully saturated rings. The van der Waals surface area contributed by atoms with Gasteiger partial charge >= 0.3 is 5.97 Å². The molecule has 20 heavy (non-hydrogen) atoms. The van der Waals surface area contributed by atoms with Crippen molar-refractivity contribution in [3.8, 4) is 11.1 Å². The number of hydrogen-bond acceptors (Lipinski definition) is 3. The largest absolute Gasteiger partial charge is 0.469 e. The molecule has 0 saturated heterocycles. The van der Waals surface area contributed by atoms with E-state index in [1.54, 1.807) is 0 Å². The maximum atomic E-state index is 11.2. The number of methoxy groups -OCH3 is 1. The van der Waals surface area contributed by atoms with Crippen LogP contribution in [0.5, 0.6) is 0 Å². The maximum absolute atomic E-state index is 11.2. The minimum atomic E-state index is -0.213. The highest BCUT2D eigenvalue weighted by molar-refractivity contribution is 5.73. The monoisotopic (exact) mass is 271 g/mol. The molecule has 0 aromatic heterocycles. The molecule has 104 valence electrons. The zero-order chi connectivity index (χ0) is 14.8. The summed E-state index contributed by atoms with van der Waals surface area (Å²) in [4.78, 5) is 19.8. The molecule has 1 amide bonds. The summed E-state index contributed by atoms with van der Waals surface area (Å²) in [7, 11) is 1.41. The van der Waals surface area contributed by atoms with Crippen molar-refractivity contribution in [2.75, 3.05) is 7.11 Å². The summed E-state index contributed by atoms with van der Waals surface area (Å²) in [6.07, 6.45) is 0.567. The van der Waals surface area contributed by atoms with Crippen LogP contribution >= 0.6 is 0 Å². The van der Waals surface area contributed by atoms with Crippen LogP contribution in [-0.4, -0.2) is 19.5 Å². The van der Waals surface area contributed by atoms with Crippen LogP contribution in [0.2, 0.25) is 0 Å². The van der Waals surface area contributed by atoms with E-state index in [1.807, 2.05) is 42.5 Å². The minimum absolute atomic E-state index is 0.213. The molecule has 0 spiro atoms. The Morgan fingerprint density at radius 2 is 1.70 bits per heavy atom. The van der Waals surface area contributed by atoms with E-state index < -0.39 is 0 Å². The van der Waals surface area contributed by atoms with Crippen molar-refractivity contribution < 1.29 is 14.3 Å². The van der Waals surface area contributed by atoms with Crippen molar-refractivity contribution in [3.05, 3.63) is 60.2 Å². The zero-order valence-corrected chi connectivity index (χ0v) is 11.3. The number of amides is 1. The lowest BCUT2D eigenvalue weighted by Gasteiger charge is -2.04. The van der Waals surface area contributed by atoms with Crippen molar-refractivity contribution in [3.63, 3.8) is 0 Å². The molecule has 2 N–H and O–H groups in total. The molecule has 0 aliphatic rings. The summed E-state index contributed by atoms with van der Waals surface area (Å²) in [6.45, 7) is 0. The number of benzene rings is 2. The topological polar surface area (TPSA) is 69.4 Å². The lowest BCUT2D eigenvalue weighted by Crippen LogP contribution is -2.04. The molecule has 0 aliphatic carbocycles. The lowest BCUT2D eigenvalue weighted by molar-refractivity contribution is -0.139.